The van der Waals surface area contributed by atoms with E-state index in [9.17, 15) is 10.5 Å². The molecule has 268 valence electrons. The molecule has 0 spiro atoms. The summed E-state index contributed by atoms with van der Waals surface area (Å²) in [5.74, 6) is 1.19. The van der Waals surface area contributed by atoms with Crippen LogP contribution in [0.25, 0.3) is 61.7 Å². The Balaban J connectivity index is 1.22. The summed E-state index contributed by atoms with van der Waals surface area (Å²) in [6.07, 6.45) is 0. The summed E-state index contributed by atoms with van der Waals surface area (Å²) >= 11 is 0. The molecule has 0 atom stereocenters. The number of fused-ring (bicyclic) bond motifs is 5. The third-order valence-electron chi connectivity index (χ3n) is 11.1. The molecular formula is C49H33N7Si. The van der Waals surface area contributed by atoms with Gasteiger partial charge in [0.25, 0.3) is 0 Å². The molecular weight excluding hydrogens is 715 g/mol. The van der Waals surface area contributed by atoms with Gasteiger partial charge in [0.1, 0.15) is 20.2 Å². The predicted molar refractivity (Wildman–Crippen MR) is 231 cm³/mol. The fourth-order valence-corrected chi connectivity index (χ4v) is 11.3. The summed E-state index contributed by atoms with van der Waals surface area (Å²) in [4.78, 5) is 17.0. The predicted octanol–water partition coefficient (Wildman–Crippen LogP) is 10.3. The minimum Gasteiger partial charge on any atom is -0.311 e. The third-order valence-corrected chi connectivity index (χ3v) is 14.6. The maximum absolute atomic E-state index is 10.8. The van der Waals surface area contributed by atoms with E-state index in [4.69, 9.17) is 15.0 Å². The number of benzene rings is 7. The number of hydrogen-bond acceptors (Lipinski definition) is 6. The minimum absolute atomic E-state index is 0.270. The van der Waals surface area contributed by atoms with Crippen LogP contribution >= 0.6 is 0 Å². The van der Waals surface area contributed by atoms with Gasteiger partial charge in [-0.05, 0) is 58.9 Å². The van der Waals surface area contributed by atoms with Crippen molar-refractivity contribution in [1.29, 1.82) is 10.5 Å². The fraction of sp³-hybridized carbons (Fsp3) is 0.0408. The summed E-state index contributed by atoms with van der Waals surface area (Å²) in [7, 11) is -2.23. The van der Waals surface area contributed by atoms with Crippen LogP contribution in [0, 0.1) is 22.7 Å². The van der Waals surface area contributed by atoms with Crippen LogP contribution in [-0.2, 0) is 0 Å². The lowest BCUT2D eigenvalue weighted by Crippen LogP contribution is -2.58. The van der Waals surface area contributed by atoms with Crippen LogP contribution in [0.1, 0.15) is 11.1 Å². The topological polar surface area (TPSA) is 94.4 Å². The largest absolute Gasteiger partial charge is 0.311 e. The molecule has 7 nitrogen and oxygen atoms in total. The number of aromatic nitrogens is 4. The first-order valence-electron chi connectivity index (χ1n) is 18.8. The maximum atomic E-state index is 10.8. The monoisotopic (exact) mass is 747 g/mol. The van der Waals surface area contributed by atoms with Crippen LogP contribution < -0.4 is 15.3 Å². The molecule has 0 amide bonds. The highest BCUT2D eigenvalue weighted by Crippen LogP contribution is 2.43. The molecule has 0 saturated carbocycles. The van der Waals surface area contributed by atoms with E-state index < -0.39 is 8.07 Å². The van der Waals surface area contributed by atoms with E-state index in [1.807, 2.05) is 78.9 Å². The van der Waals surface area contributed by atoms with Crippen LogP contribution in [0.3, 0.4) is 0 Å². The van der Waals surface area contributed by atoms with Crippen molar-refractivity contribution in [2.45, 2.75) is 13.1 Å². The van der Waals surface area contributed by atoms with Crippen molar-refractivity contribution in [1.82, 2.24) is 19.5 Å². The van der Waals surface area contributed by atoms with Crippen LogP contribution in [0.5, 0.6) is 0 Å². The molecule has 8 heteroatoms. The van der Waals surface area contributed by atoms with E-state index in [0.29, 0.717) is 34.0 Å². The van der Waals surface area contributed by atoms with Crippen LogP contribution in [0.2, 0.25) is 13.1 Å². The second kappa shape index (κ2) is 13.3. The van der Waals surface area contributed by atoms with Gasteiger partial charge in [-0.25, -0.2) is 15.0 Å². The number of rotatable bonds is 5. The zero-order chi connectivity index (χ0) is 38.7. The lowest BCUT2D eigenvalue weighted by atomic mass is 9.99. The molecule has 1 aliphatic heterocycles. The molecule has 9 aromatic rings. The van der Waals surface area contributed by atoms with E-state index in [-0.39, 0.29) is 5.82 Å². The second-order valence-corrected chi connectivity index (χ2v) is 19.1. The number of nitriles is 2. The lowest BCUT2D eigenvalue weighted by molar-refractivity contribution is 1.07. The van der Waals surface area contributed by atoms with Gasteiger partial charge in [0.2, 0.25) is 0 Å². The first-order chi connectivity index (χ1) is 27.9. The van der Waals surface area contributed by atoms with Crippen molar-refractivity contribution >= 4 is 57.3 Å². The average Bonchev–Trinajstić information content (AvgIpc) is 3.59. The van der Waals surface area contributed by atoms with Crippen LogP contribution in [0.4, 0.5) is 17.1 Å². The summed E-state index contributed by atoms with van der Waals surface area (Å²) in [5.41, 5.74) is 8.81. The van der Waals surface area contributed by atoms with Gasteiger partial charge in [-0.2, -0.15) is 10.5 Å². The normalized spacial score (nSPS) is 12.8. The summed E-state index contributed by atoms with van der Waals surface area (Å²) < 4.78 is 2.20. The summed E-state index contributed by atoms with van der Waals surface area (Å²) in [6, 6.07) is 60.3. The van der Waals surface area contributed by atoms with E-state index in [0.717, 1.165) is 38.6 Å². The van der Waals surface area contributed by atoms with E-state index in [2.05, 4.69) is 120 Å². The molecule has 2 aromatic heterocycles. The Labute approximate surface area is 331 Å². The van der Waals surface area contributed by atoms with Gasteiger partial charge >= 0.3 is 0 Å². The Hall–Kier alpha value is -7.65. The summed E-state index contributed by atoms with van der Waals surface area (Å²) in [6.45, 7) is 4.84. The smallest absolute Gasteiger partial charge is 0.166 e. The molecule has 0 bridgehead atoms. The van der Waals surface area contributed by atoms with Crippen molar-refractivity contribution in [3.63, 3.8) is 0 Å². The van der Waals surface area contributed by atoms with Crippen molar-refractivity contribution in [2.75, 3.05) is 4.90 Å². The molecule has 0 unspecified atom stereocenters. The molecule has 57 heavy (non-hydrogen) atoms. The molecule has 0 radical (unpaired) electrons. The SMILES string of the molecule is C[Si]1(C)c2ccccc2N(c2ccccc2)c2cc3c4ccccc4n(-c4cc(C#N)c(-c5nc(-c6ccccc6)nc(-c6ccccc6)n5)c(C#N)c4)c3cc21. The van der Waals surface area contributed by atoms with E-state index in [1.54, 1.807) is 0 Å². The first kappa shape index (κ1) is 33.9. The second-order valence-electron chi connectivity index (χ2n) is 14.7. The Morgan fingerprint density at radius 1 is 0.474 bits per heavy atom. The van der Waals surface area contributed by atoms with Crippen molar-refractivity contribution in [3.8, 4) is 52.0 Å². The average molecular weight is 748 g/mol. The first-order valence-corrected chi connectivity index (χ1v) is 21.8. The van der Waals surface area contributed by atoms with Gasteiger partial charge in [-0.3, -0.25) is 0 Å². The molecule has 0 N–H and O–H groups in total. The van der Waals surface area contributed by atoms with Gasteiger partial charge < -0.3 is 9.47 Å². The minimum atomic E-state index is -2.23. The standard InChI is InChI=1S/C49H33N7Si/c1-57(2)44-25-15-14-24-41(44)55(36-20-10-5-11-21-36)43-28-39-38-22-12-13-23-40(38)56(42(39)29-45(43)57)37-26-34(30-50)46(35(27-37)31-51)49-53-47(32-16-6-3-7-17-32)52-48(54-49)33-18-8-4-9-19-33/h3-29H,1-2H3. The van der Waals surface area contributed by atoms with Crippen molar-refractivity contribution in [2.24, 2.45) is 0 Å². The maximum Gasteiger partial charge on any atom is 0.166 e. The van der Waals surface area contributed by atoms with Gasteiger partial charge in [0.15, 0.2) is 17.5 Å². The molecule has 3 heterocycles. The molecule has 0 fully saturated rings. The Morgan fingerprint density at radius 3 is 1.65 bits per heavy atom. The molecule has 1 aliphatic rings. The Morgan fingerprint density at radius 2 is 1.02 bits per heavy atom. The van der Waals surface area contributed by atoms with Gasteiger partial charge in [-0.1, -0.05) is 128 Å². The highest BCUT2D eigenvalue weighted by Gasteiger charge is 2.39. The molecule has 10 rings (SSSR count). The van der Waals surface area contributed by atoms with Crippen molar-refractivity contribution in [3.05, 3.63) is 175 Å². The number of nitrogens with zero attached hydrogens (tertiary/aromatic N) is 7. The van der Waals surface area contributed by atoms with E-state index in [1.165, 1.54) is 21.7 Å². The third kappa shape index (κ3) is 5.43. The number of hydrogen-bond donors (Lipinski definition) is 0. The lowest BCUT2D eigenvalue weighted by Gasteiger charge is -2.41. The zero-order valence-corrected chi connectivity index (χ0v) is 32.2. The Kier molecular flexibility index (Phi) is 7.89. The van der Waals surface area contributed by atoms with E-state index >= 15 is 0 Å². The number of para-hydroxylation sites is 3. The van der Waals surface area contributed by atoms with Gasteiger partial charge in [0, 0.05) is 44.6 Å². The zero-order valence-electron chi connectivity index (χ0n) is 31.2. The molecule has 0 saturated heterocycles. The Bertz CT molecular complexity index is 3030. The van der Waals surface area contributed by atoms with Crippen LogP contribution in [0.15, 0.2) is 164 Å². The quantitative estimate of drug-likeness (QED) is 0.163. The highest BCUT2D eigenvalue weighted by molar-refractivity contribution is 7.02. The van der Waals surface area contributed by atoms with Crippen molar-refractivity contribution < 1.29 is 0 Å². The number of anilines is 3. The summed E-state index contributed by atoms with van der Waals surface area (Å²) in [5, 5.41) is 26.5. The van der Waals surface area contributed by atoms with Gasteiger partial charge in [-0.15, -0.1) is 0 Å². The molecule has 0 aliphatic carbocycles. The highest BCUT2D eigenvalue weighted by atomic mass is 28.3. The molecule has 7 aromatic carbocycles. The fourth-order valence-electron chi connectivity index (χ4n) is 8.39. The van der Waals surface area contributed by atoms with Gasteiger partial charge in [0.05, 0.1) is 27.7 Å². The van der Waals surface area contributed by atoms with Crippen LogP contribution in [-0.4, -0.2) is 27.6 Å².